The van der Waals surface area contributed by atoms with Crippen LogP contribution in [0.1, 0.15) is 31.9 Å². The van der Waals surface area contributed by atoms with Crippen molar-refractivity contribution in [1.82, 2.24) is 30.2 Å². The summed E-state index contributed by atoms with van der Waals surface area (Å²) in [6.45, 7) is 2.38. The van der Waals surface area contributed by atoms with Gasteiger partial charge in [0.05, 0.1) is 11.9 Å². The molecule has 0 fully saturated rings. The molecule has 2 aromatic heterocycles. The molecule has 33 heavy (non-hydrogen) atoms. The molecule has 2 heterocycles. The first-order valence-corrected chi connectivity index (χ1v) is 10.5. The smallest absolute Gasteiger partial charge is 0.320 e. The molecule has 1 aliphatic carbocycles. The first kappa shape index (κ1) is 24.0. The van der Waals surface area contributed by atoms with Crippen molar-refractivity contribution in [2.24, 2.45) is 0 Å². The molecule has 0 saturated heterocycles. The number of carbonyl (C=O) groups is 2. The lowest BCUT2D eigenvalue weighted by atomic mass is 9.96. The summed E-state index contributed by atoms with van der Waals surface area (Å²) in [5, 5.41) is 21.2. The minimum Gasteiger partial charge on any atom is -0.481 e. The third-order valence-electron chi connectivity index (χ3n) is 5.48. The van der Waals surface area contributed by atoms with Gasteiger partial charge in [-0.2, -0.15) is 9.97 Å². The van der Waals surface area contributed by atoms with Crippen molar-refractivity contribution >= 4 is 34.9 Å². The van der Waals surface area contributed by atoms with Gasteiger partial charge in [0.1, 0.15) is 6.04 Å². The summed E-state index contributed by atoms with van der Waals surface area (Å²) in [7, 11) is 1.97. The van der Waals surface area contributed by atoms with E-state index in [1.54, 1.807) is 6.20 Å². The first-order chi connectivity index (χ1) is 15.6. The number of nitrogens with zero attached hydrogens (tertiary/aromatic N) is 5. The minimum atomic E-state index is -1.06. The maximum absolute atomic E-state index is 11.4. The summed E-state index contributed by atoms with van der Waals surface area (Å²) in [5.74, 6) is -1.85. The topological polar surface area (TPSA) is 193 Å². The number of aliphatic carboxylic acids is 2. The van der Waals surface area contributed by atoms with Gasteiger partial charge in [-0.1, -0.05) is 18.2 Å². The molecule has 0 spiro atoms. The second-order valence-electron chi connectivity index (χ2n) is 7.99. The van der Waals surface area contributed by atoms with Crippen LogP contribution >= 0.6 is 0 Å². The Kier molecular flexibility index (Phi) is 7.51. The molecule has 3 rings (SSSR count). The highest BCUT2D eigenvalue weighted by Gasteiger charge is 2.23. The highest BCUT2D eigenvalue weighted by molar-refractivity contribution is 5.81. The molecule has 1 aliphatic rings. The normalized spacial score (nSPS) is 17.7. The molecule has 176 valence electrons. The summed E-state index contributed by atoms with van der Waals surface area (Å²) in [6, 6.07) is -1.05. The van der Waals surface area contributed by atoms with E-state index in [-0.39, 0.29) is 36.7 Å². The summed E-state index contributed by atoms with van der Waals surface area (Å²) in [4.78, 5) is 41.1. The number of nitrogens with one attached hydrogen (secondary N) is 1. The lowest BCUT2D eigenvalue weighted by Gasteiger charge is -2.28. The number of aromatic nitrogens is 4. The molecule has 0 bridgehead atoms. The molecule has 7 N–H and O–H groups in total. The van der Waals surface area contributed by atoms with Crippen LogP contribution in [-0.2, 0) is 16.1 Å². The van der Waals surface area contributed by atoms with Gasteiger partial charge in [0.2, 0.25) is 5.95 Å². The van der Waals surface area contributed by atoms with Gasteiger partial charge in [0, 0.05) is 25.0 Å². The molecule has 12 nitrogen and oxygen atoms in total. The van der Waals surface area contributed by atoms with E-state index in [9.17, 15) is 14.7 Å². The average molecular weight is 457 g/mol. The van der Waals surface area contributed by atoms with Crippen molar-refractivity contribution < 1.29 is 19.8 Å². The zero-order chi connectivity index (χ0) is 24.1. The summed E-state index contributed by atoms with van der Waals surface area (Å²) >= 11 is 0. The maximum atomic E-state index is 11.4. The van der Waals surface area contributed by atoms with Crippen molar-refractivity contribution in [2.75, 3.05) is 18.5 Å². The van der Waals surface area contributed by atoms with E-state index in [2.05, 4.69) is 36.2 Å². The predicted octanol–water partition coefficient (Wildman–Crippen LogP) is 0.567. The van der Waals surface area contributed by atoms with Crippen molar-refractivity contribution in [3.63, 3.8) is 0 Å². The van der Waals surface area contributed by atoms with Crippen LogP contribution in [0.5, 0.6) is 0 Å². The van der Waals surface area contributed by atoms with E-state index in [0.717, 1.165) is 12.0 Å². The number of rotatable bonds is 10. The number of nitrogens with two attached hydrogens (primary N) is 2. The number of carboxylic acid groups (broad SMARTS) is 2. The van der Waals surface area contributed by atoms with E-state index in [4.69, 9.17) is 16.6 Å². The van der Waals surface area contributed by atoms with Crippen LogP contribution in [-0.4, -0.2) is 72.2 Å². The van der Waals surface area contributed by atoms with Gasteiger partial charge in [-0.05, 0) is 32.4 Å². The Morgan fingerprint density at radius 1 is 1.27 bits per heavy atom. The van der Waals surface area contributed by atoms with Crippen LogP contribution in [0.4, 0.5) is 11.8 Å². The molecule has 0 radical (unpaired) electrons. The Labute approximate surface area is 190 Å². The van der Waals surface area contributed by atoms with Crippen molar-refractivity contribution in [3.05, 3.63) is 35.7 Å². The Morgan fingerprint density at radius 2 is 2.03 bits per heavy atom. The third-order valence-corrected chi connectivity index (χ3v) is 5.48. The van der Waals surface area contributed by atoms with Crippen LogP contribution in [0.2, 0.25) is 0 Å². The average Bonchev–Trinajstić information content (AvgIpc) is 2.76. The Morgan fingerprint density at radius 3 is 2.67 bits per heavy atom. The van der Waals surface area contributed by atoms with Crippen LogP contribution in [0.3, 0.4) is 0 Å². The number of hydrogen-bond acceptors (Lipinski definition) is 10. The van der Waals surface area contributed by atoms with Gasteiger partial charge in [-0.3, -0.25) is 19.8 Å². The van der Waals surface area contributed by atoms with Crippen LogP contribution in [0.15, 0.2) is 30.0 Å². The van der Waals surface area contributed by atoms with Crippen LogP contribution in [0.25, 0.3) is 11.2 Å². The van der Waals surface area contributed by atoms with E-state index < -0.39 is 18.0 Å². The number of fused-ring (bicyclic) bond motifs is 1. The largest absolute Gasteiger partial charge is 0.481 e. The molecular formula is C21H28N8O4. The number of likely N-dealkylation sites (N-methyl/N-ethyl adjacent to an activating group) is 1. The van der Waals surface area contributed by atoms with E-state index in [1.165, 1.54) is 0 Å². The number of carboxylic acids is 2. The quantitative estimate of drug-likeness (QED) is 0.334. The monoisotopic (exact) mass is 456 g/mol. The van der Waals surface area contributed by atoms with Crippen LogP contribution < -0.4 is 16.8 Å². The molecule has 0 saturated carbocycles. The van der Waals surface area contributed by atoms with Gasteiger partial charge in [0.25, 0.3) is 0 Å². The highest BCUT2D eigenvalue weighted by Crippen LogP contribution is 2.20. The predicted molar refractivity (Wildman–Crippen MR) is 122 cm³/mol. The number of nitrogen functional groups attached to an aromatic ring is 2. The summed E-state index contributed by atoms with van der Waals surface area (Å²) in [6.07, 6.45) is 8.23. The molecule has 0 amide bonds. The van der Waals surface area contributed by atoms with E-state index in [0.29, 0.717) is 23.4 Å². The lowest BCUT2D eigenvalue weighted by Crippen LogP contribution is -2.43. The van der Waals surface area contributed by atoms with Gasteiger partial charge >= 0.3 is 11.9 Å². The van der Waals surface area contributed by atoms with Crippen LogP contribution in [0, 0.1) is 0 Å². The summed E-state index contributed by atoms with van der Waals surface area (Å²) < 4.78 is 0. The molecular weight excluding hydrogens is 428 g/mol. The van der Waals surface area contributed by atoms with Gasteiger partial charge in [-0.15, -0.1) is 0 Å². The SMILES string of the molecule is CC(NC(CCC(=O)O)C(=O)O)C1=CCC(N(C)Cc2cnc3nc(N)nc(N)c3n2)C=C1. The Balaban J connectivity index is 1.59. The second kappa shape index (κ2) is 10.3. The molecule has 3 atom stereocenters. The molecule has 12 heteroatoms. The minimum absolute atomic E-state index is 0.0201. The van der Waals surface area contributed by atoms with E-state index in [1.807, 2.05) is 26.1 Å². The Bertz CT molecular complexity index is 1100. The standard InChI is InChI=1S/C21H28N8O4/c1-11(25-15(20(32)33)7-8-16(30)31)12-3-5-14(6-4-12)29(2)10-13-9-24-19-17(26-13)18(22)27-21(23)28-19/h3-5,9,11,14-15,25H,6-8,10H2,1-2H3,(H,30,31)(H,32,33)(H4,22,23,24,27,28). The van der Waals surface area contributed by atoms with Gasteiger partial charge in [0.15, 0.2) is 17.0 Å². The molecule has 0 aliphatic heterocycles. The maximum Gasteiger partial charge on any atom is 0.320 e. The van der Waals surface area contributed by atoms with Crippen molar-refractivity contribution in [2.45, 2.75) is 50.9 Å². The fourth-order valence-corrected chi connectivity index (χ4v) is 3.65. The fraction of sp³-hybridized carbons (Fsp3) is 0.429. The Hall–Kier alpha value is -3.64. The molecule has 2 aromatic rings. The van der Waals surface area contributed by atoms with Crippen molar-refractivity contribution in [3.8, 4) is 0 Å². The number of anilines is 2. The zero-order valence-electron chi connectivity index (χ0n) is 18.5. The van der Waals surface area contributed by atoms with E-state index >= 15 is 0 Å². The zero-order valence-corrected chi connectivity index (χ0v) is 18.5. The highest BCUT2D eigenvalue weighted by atomic mass is 16.4. The van der Waals surface area contributed by atoms with Gasteiger partial charge < -0.3 is 21.7 Å². The molecule has 0 aromatic carbocycles. The molecule has 3 unspecified atom stereocenters. The van der Waals surface area contributed by atoms with Crippen molar-refractivity contribution in [1.29, 1.82) is 0 Å². The second-order valence-corrected chi connectivity index (χ2v) is 7.99. The number of hydrogen-bond donors (Lipinski definition) is 5. The van der Waals surface area contributed by atoms with Gasteiger partial charge in [-0.25, -0.2) is 9.97 Å². The lowest BCUT2D eigenvalue weighted by molar-refractivity contribution is -0.140. The first-order valence-electron chi connectivity index (χ1n) is 10.5. The third kappa shape index (κ3) is 6.20. The summed E-state index contributed by atoms with van der Waals surface area (Å²) in [5.41, 5.74) is 13.9. The fourth-order valence-electron chi connectivity index (χ4n) is 3.65.